The van der Waals surface area contributed by atoms with Crippen molar-refractivity contribution in [3.05, 3.63) is 36.5 Å². The summed E-state index contributed by atoms with van der Waals surface area (Å²) in [7, 11) is 0. The van der Waals surface area contributed by atoms with E-state index in [1.807, 2.05) is 30.3 Å². The van der Waals surface area contributed by atoms with Gasteiger partial charge in [0.15, 0.2) is 0 Å². The minimum absolute atomic E-state index is 0.915. The maximum absolute atomic E-state index is 4.24. The molecular weight excluding hydrogens is 176 g/mol. The zero-order chi connectivity index (χ0) is 9.38. The highest BCUT2D eigenvalue weighted by molar-refractivity contribution is 5.91. The van der Waals surface area contributed by atoms with Gasteiger partial charge in [-0.05, 0) is 12.1 Å². The Kier molecular flexibility index (Phi) is 1.41. The molecule has 0 bridgehead atoms. The van der Waals surface area contributed by atoms with Gasteiger partial charge in [0.25, 0.3) is 0 Å². The molecule has 14 heavy (non-hydrogen) atoms. The van der Waals surface area contributed by atoms with Crippen molar-refractivity contribution in [2.45, 2.75) is 0 Å². The summed E-state index contributed by atoms with van der Waals surface area (Å²) >= 11 is 0. The topological polar surface area (TPSA) is 57.4 Å². The fourth-order valence-corrected chi connectivity index (χ4v) is 1.56. The third-order valence-electron chi connectivity index (χ3n) is 2.23. The van der Waals surface area contributed by atoms with E-state index in [1.54, 1.807) is 6.20 Å². The highest BCUT2D eigenvalue weighted by Gasteiger charge is 2.07. The summed E-state index contributed by atoms with van der Waals surface area (Å²) in [6, 6.07) is 9.93. The smallest absolute Gasteiger partial charge is 0.118 e. The van der Waals surface area contributed by atoms with E-state index in [1.165, 1.54) is 0 Å². The van der Waals surface area contributed by atoms with Gasteiger partial charge in [-0.3, -0.25) is 10.2 Å². The fourth-order valence-electron chi connectivity index (χ4n) is 1.56. The van der Waals surface area contributed by atoms with Gasteiger partial charge in [0.2, 0.25) is 0 Å². The SMILES string of the molecule is c1ccc2c(-c3ccn[nH]3)n[nH]c2c1. The maximum atomic E-state index is 4.24. The number of nitrogens with one attached hydrogen (secondary N) is 2. The van der Waals surface area contributed by atoms with Gasteiger partial charge in [0.05, 0.1) is 11.2 Å². The number of H-pyrrole nitrogens is 2. The Labute approximate surface area is 80.0 Å². The van der Waals surface area contributed by atoms with Gasteiger partial charge in [-0.1, -0.05) is 18.2 Å². The molecule has 0 unspecified atom stereocenters. The largest absolute Gasteiger partial charge is 0.277 e. The van der Waals surface area contributed by atoms with Gasteiger partial charge >= 0.3 is 0 Å². The molecule has 3 aromatic rings. The molecule has 0 spiro atoms. The lowest BCUT2D eigenvalue weighted by Crippen LogP contribution is -1.78. The van der Waals surface area contributed by atoms with Crippen LogP contribution in [0.1, 0.15) is 0 Å². The predicted molar refractivity (Wildman–Crippen MR) is 53.7 cm³/mol. The summed E-state index contributed by atoms with van der Waals surface area (Å²) in [6.45, 7) is 0. The first-order valence-electron chi connectivity index (χ1n) is 4.38. The van der Waals surface area contributed by atoms with E-state index in [0.717, 1.165) is 22.3 Å². The number of hydrogen-bond acceptors (Lipinski definition) is 2. The number of hydrogen-bond donors (Lipinski definition) is 2. The lowest BCUT2D eigenvalue weighted by atomic mass is 10.2. The Balaban J connectivity index is 2.33. The number of benzene rings is 1. The molecule has 0 aliphatic heterocycles. The average Bonchev–Trinajstić information content (AvgIpc) is 2.85. The van der Waals surface area contributed by atoms with E-state index in [4.69, 9.17) is 0 Å². The third kappa shape index (κ3) is 0.939. The van der Waals surface area contributed by atoms with Crippen LogP contribution in [0.15, 0.2) is 36.5 Å². The average molecular weight is 184 g/mol. The second kappa shape index (κ2) is 2.70. The van der Waals surface area contributed by atoms with E-state index in [2.05, 4.69) is 20.4 Å². The summed E-state index contributed by atoms with van der Waals surface area (Å²) in [4.78, 5) is 0. The molecular formula is C10H8N4. The molecule has 2 N–H and O–H groups in total. The number of rotatable bonds is 1. The van der Waals surface area contributed by atoms with Crippen molar-refractivity contribution in [3.63, 3.8) is 0 Å². The Morgan fingerprint density at radius 2 is 1.93 bits per heavy atom. The van der Waals surface area contributed by atoms with Crippen molar-refractivity contribution < 1.29 is 0 Å². The highest BCUT2D eigenvalue weighted by Crippen LogP contribution is 2.23. The molecule has 2 heterocycles. The fraction of sp³-hybridized carbons (Fsp3) is 0. The number of nitrogens with zero attached hydrogens (tertiary/aromatic N) is 2. The highest BCUT2D eigenvalue weighted by atomic mass is 15.2. The molecule has 0 saturated heterocycles. The molecule has 0 aliphatic rings. The van der Waals surface area contributed by atoms with Gasteiger partial charge in [-0.15, -0.1) is 0 Å². The van der Waals surface area contributed by atoms with E-state index in [0.29, 0.717) is 0 Å². The molecule has 4 heteroatoms. The molecule has 0 atom stereocenters. The first kappa shape index (κ1) is 7.32. The van der Waals surface area contributed by atoms with Crippen molar-refractivity contribution in [2.24, 2.45) is 0 Å². The summed E-state index contributed by atoms with van der Waals surface area (Å²) in [5.74, 6) is 0. The molecule has 0 amide bonds. The van der Waals surface area contributed by atoms with Crippen molar-refractivity contribution >= 4 is 10.9 Å². The Morgan fingerprint density at radius 1 is 1.00 bits per heavy atom. The monoisotopic (exact) mass is 184 g/mol. The number of para-hydroxylation sites is 1. The molecule has 1 aromatic carbocycles. The quantitative estimate of drug-likeness (QED) is 0.607. The van der Waals surface area contributed by atoms with E-state index < -0.39 is 0 Å². The molecule has 2 aromatic heterocycles. The van der Waals surface area contributed by atoms with Crippen LogP contribution in [0.3, 0.4) is 0 Å². The van der Waals surface area contributed by atoms with Gasteiger partial charge in [-0.25, -0.2) is 0 Å². The van der Waals surface area contributed by atoms with Crippen LogP contribution in [0.2, 0.25) is 0 Å². The van der Waals surface area contributed by atoms with Gasteiger partial charge < -0.3 is 0 Å². The Hall–Kier alpha value is -2.10. The van der Waals surface area contributed by atoms with Crippen molar-refractivity contribution in [1.29, 1.82) is 0 Å². The van der Waals surface area contributed by atoms with Crippen molar-refractivity contribution in [2.75, 3.05) is 0 Å². The van der Waals surface area contributed by atoms with Crippen LogP contribution in [0.5, 0.6) is 0 Å². The van der Waals surface area contributed by atoms with Crippen LogP contribution in [-0.4, -0.2) is 20.4 Å². The van der Waals surface area contributed by atoms with Crippen molar-refractivity contribution in [1.82, 2.24) is 20.4 Å². The number of fused-ring (bicyclic) bond motifs is 1. The summed E-state index contributed by atoms with van der Waals surface area (Å²) in [5.41, 5.74) is 2.89. The number of aromatic amines is 2. The zero-order valence-corrected chi connectivity index (χ0v) is 7.36. The molecule has 4 nitrogen and oxygen atoms in total. The minimum Gasteiger partial charge on any atom is -0.277 e. The van der Waals surface area contributed by atoms with Crippen LogP contribution < -0.4 is 0 Å². The molecule has 0 aliphatic carbocycles. The standard InChI is InChI=1S/C10H8N4/c1-2-4-8-7(3-1)10(14-13-8)9-5-6-11-12-9/h1-6H,(H,11,12)(H,13,14). The second-order valence-corrected chi connectivity index (χ2v) is 3.09. The maximum Gasteiger partial charge on any atom is 0.118 e. The summed E-state index contributed by atoms with van der Waals surface area (Å²) in [5, 5.41) is 15.1. The third-order valence-corrected chi connectivity index (χ3v) is 2.23. The van der Waals surface area contributed by atoms with Crippen LogP contribution in [0, 0.1) is 0 Å². The lowest BCUT2D eigenvalue weighted by molar-refractivity contribution is 1.07. The molecule has 68 valence electrons. The first-order chi connectivity index (χ1) is 6.95. The van der Waals surface area contributed by atoms with E-state index >= 15 is 0 Å². The van der Waals surface area contributed by atoms with Crippen LogP contribution >= 0.6 is 0 Å². The lowest BCUT2D eigenvalue weighted by Gasteiger charge is -1.90. The predicted octanol–water partition coefficient (Wildman–Crippen LogP) is 1.95. The van der Waals surface area contributed by atoms with E-state index in [9.17, 15) is 0 Å². The van der Waals surface area contributed by atoms with Gasteiger partial charge in [0, 0.05) is 11.6 Å². The zero-order valence-electron chi connectivity index (χ0n) is 7.36. The normalized spacial score (nSPS) is 10.9. The molecule has 0 saturated carbocycles. The molecule has 0 fully saturated rings. The van der Waals surface area contributed by atoms with Crippen molar-refractivity contribution in [3.8, 4) is 11.4 Å². The first-order valence-corrected chi connectivity index (χ1v) is 4.38. The van der Waals surface area contributed by atoms with Crippen LogP contribution in [0.4, 0.5) is 0 Å². The second-order valence-electron chi connectivity index (χ2n) is 3.09. The minimum atomic E-state index is 0.915. The number of aromatic nitrogens is 4. The van der Waals surface area contributed by atoms with Crippen LogP contribution in [-0.2, 0) is 0 Å². The Bertz CT molecular complexity index is 550. The summed E-state index contributed by atoms with van der Waals surface area (Å²) < 4.78 is 0. The molecule has 0 radical (unpaired) electrons. The Morgan fingerprint density at radius 3 is 2.79 bits per heavy atom. The summed E-state index contributed by atoms with van der Waals surface area (Å²) in [6.07, 6.45) is 1.72. The molecule has 3 rings (SSSR count). The van der Waals surface area contributed by atoms with Gasteiger partial charge in [-0.2, -0.15) is 10.2 Å². The van der Waals surface area contributed by atoms with Gasteiger partial charge in [0.1, 0.15) is 5.69 Å². The van der Waals surface area contributed by atoms with E-state index in [-0.39, 0.29) is 0 Å². The van der Waals surface area contributed by atoms with Crippen LogP contribution in [0.25, 0.3) is 22.3 Å².